The minimum Gasteiger partial charge on any atom is -0.353 e. The lowest BCUT2D eigenvalue weighted by molar-refractivity contribution is 0.384. The number of halogens is 1. The van der Waals surface area contributed by atoms with E-state index in [0.717, 1.165) is 11.1 Å². The van der Waals surface area contributed by atoms with Gasteiger partial charge in [0.2, 0.25) is 10.0 Å². The summed E-state index contributed by atoms with van der Waals surface area (Å²) < 4.78 is 27.2. The van der Waals surface area contributed by atoms with Crippen LogP contribution in [0.15, 0.2) is 41.4 Å². The summed E-state index contributed by atoms with van der Waals surface area (Å²) in [7, 11) is -3.46. The van der Waals surface area contributed by atoms with Gasteiger partial charge in [0.25, 0.3) is 0 Å². The van der Waals surface area contributed by atoms with Crippen LogP contribution in [0.4, 0.5) is 5.82 Å². The molecule has 0 N–H and O–H groups in total. The monoisotopic (exact) mass is 365 g/mol. The molecule has 0 aliphatic carbocycles. The Morgan fingerprint density at radius 1 is 1.04 bits per heavy atom. The van der Waals surface area contributed by atoms with Crippen molar-refractivity contribution < 1.29 is 8.42 Å². The molecule has 0 spiro atoms. The largest absolute Gasteiger partial charge is 0.353 e. The Balaban J connectivity index is 1.76. The lowest BCUT2D eigenvalue weighted by Gasteiger charge is -2.35. The number of aromatic nitrogens is 1. The highest BCUT2D eigenvalue weighted by Crippen LogP contribution is 2.25. The summed E-state index contributed by atoms with van der Waals surface area (Å²) in [6.07, 6.45) is 1.69. The summed E-state index contributed by atoms with van der Waals surface area (Å²) in [5.74, 6) is 0.711. The zero-order chi connectivity index (χ0) is 17.3. The number of pyridine rings is 1. The lowest BCUT2D eigenvalue weighted by atomic mass is 10.1. The van der Waals surface area contributed by atoms with Crippen LogP contribution in [-0.4, -0.2) is 43.9 Å². The second-order valence-corrected chi connectivity index (χ2v) is 8.29. The van der Waals surface area contributed by atoms with Crippen LogP contribution in [0.2, 0.25) is 5.02 Å². The minimum atomic E-state index is -3.46. The molecule has 0 saturated carbocycles. The summed E-state index contributed by atoms with van der Waals surface area (Å²) in [6.45, 7) is 5.88. The molecule has 2 heterocycles. The molecule has 1 aliphatic rings. The molecule has 5 nitrogen and oxygen atoms in total. The highest BCUT2D eigenvalue weighted by atomic mass is 35.5. The van der Waals surface area contributed by atoms with Gasteiger partial charge in [-0.15, -0.1) is 0 Å². The summed E-state index contributed by atoms with van der Waals surface area (Å²) in [6, 6.07) is 8.85. The molecule has 128 valence electrons. The molecule has 1 saturated heterocycles. The first kappa shape index (κ1) is 17.2. The minimum absolute atomic E-state index is 0.356. The molecule has 2 aromatic rings. The molecule has 0 unspecified atom stereocenters. The summed E-state index contributed by atoms with van der Waals surface area (Å²) >= 11 is 6.18. The van der Waals surface area contributed by atoms with Gasteiger partial charge in [-0.2, -0.15) is 4.31 Å². The van der Waals surface area contributed by atoms with E-state index in [-0.39, 0.29) is 0 Å². The summed E-state index contributed by atoms with van der Waals surface area (Å²) in [4.78, 5) is 6.67. The van der Waals surface area contributed by atoms with Gasteiger partial charge in [0.1, 0.15) is 5.82 Å². The molecular weight excluding hydrogens is 346 g/mol. The van der Waals surface area contributed by atoms with Gasteiger partial charge in [0.05, 0.1) is 9.92 Å². The fourth-order valence-corrected chi connectivity index (χ4v) is 4.52. The van der Waals surface area contributed by atoms with Crippen molar-refractivity contribution in [3.8, 4) is 0 Å². The van der Waals surface area contributed by atoms with Crippen LogP contribution in [0.3, 0.4) is 0 Å². The molecule has 1 aromatic heterocycles. The first-order chi connectivity index (χ1) is 11.4. The molecule has 1 fully saturated rings. The van der Waals surface area contributed by atoms with E-state index < -0.39 is 10.0 Å². The van der Waals surface area contributed by atoms with Crippen molar-refractivity contribution in [1.29, 1.82) is 0 Å². The molecule has 0 atom stereocenters. The first-order valence-corrected chi connectivity index (χ1v) is 9.64. The van der Waals surface area contributed by atoms with E-state index in [9.17, 15) is 8.42 Å². The van der Waals surface area contributed by atoms with E-state index in [1.54, 1.807) is 30.5 Å². The number of aryl methyl sites for hydroxylation is 2. The molecule has 0 bridgehead atoms. The Morgan fingerprint density at radius 2 is 1.75 bits per heavy atom. The third-order valence-corrected chi connectivity index (χ3v) is 6.58. The maximum absolute atomic E-state index is 12.8. The van der Waals surface area contributed by atoms with Crippen molar-refractivity contribution in [1.82, 2.24) is 9.29 Å². The van der Waals surface area contributed by atoms with Crippen LogP contribution in [0.1, 0.15) is 11.1 Å². The lowest BCUT2D eigenvalue weighted by Crippen LogP contribution is -2.49. The topological polar surface area (TPSA) is 53.5 Å². The molecule has 7 heteroatoms. The predicted octanol–water partition coefficient (Wildman–Crippen LogP) is 2.86. The number of anilines is 1. The van der Waals surface area contributed by atoms with Gasteiger partial charge in [-0.1, -0.05) is 17.7 Å². The Labute approximate surface area is 147 Å². The highest BCUT2D eigenvalue weighted by Gasteiger charge is 2.29. The Hall–Kier alpha value is -1.63. The van der Waals surface area contributed by atoms with Gasteiger partial charge >= 0.3 is 0 Å². The molecule has 3 rings (SSSR count). The number of hydrogen-bond donors (Lipinski definition) is 0. The van der Waals surface area contributed by atoms with Crippen molar-refractivity contribution in [2.24, 2.45) is 0 Å². The van der Waals surface area contributed by atoms with Crippen LogP contribution in [-0.2, 0) is 10.0 Å². The SMILES string of the molecule is Cc1ccc(S(=O)(=O)N2CCN(c3ncccc3Cl)CC2)cc1C. The van der Waals surface area contributed by atoms with E-state index in [1.165, 1.54) is 4.31 Å². The van der Waals surface area contributed by atoms with Crippen molar-refractivity contribution in [2.75, 3.05) is 31.1 Å². The zero-order valence-electron chi connectivity index (χ0n) is 13.7. The highest BCUT2D eigenvalue weighted by molar-refractivity contribution is 7.89. The van der Waals surface area contributed by atoms with E-state index in [0.29, 0.717) is 41.9 Å². The smallest absolute Gasteiger partial charge is 0.243 e. The van der Waals surface area contributed by atoms with Crippen molar-refractivity contribution in [3.63, 3.8) is 0 Å². The molecule has 1 aliphatic heterocycles. The van der Waals surface area contributed by atoms with E-state index in [1.807, 2.05) is 24.8 Å². The van der Waals surface area contributed by atoms with Crippen LogP contribution >= 0.6 is 11.6 Å². The van der Waals surface area contributed by atoms with Crippen LogP contribution in [0, 0.1) is 13.8 Å². The average molecular weight is 366 g/mol. The Bertz CT molecular complexity index is 847. The number of hydrogen-bond acceptors (Lipinski definition) is 4. The number of piperazine rings is 1. The molecule has 24 heavy (non-hydrogen) atoms. The van der Waals surface area contributed by atoms with E-state index in [2.05, 4.69) is 4.98 Å². The molecular formula is C17H20ClN3O2S. The van der Waals surface area contributed by atoms with Gasteiger partial charge in [-0.3, -0.25) is 0 Å². The Morgan fingerprint density at radius 3 is 2.38 bits per heavy atom. The number of nitrogens with zero attached hydrogens (tertiary/aromatic N) is 3. The van der Waals surface area contributed by atoms with Gasteiger partial charge in [-0.25, -0.2) is 13.4 Å². The number of sulfonamides is 1. The van der Waals surface area contributed by atoms with Gasteiger partial charge in [0, 0.05) is 32.4 Å². The second-order valence-electron chi connectivity index (χ2n) is 5.95. The predicted molar refractivity (Wildman–Crippen MR) is 96.1 cm³/mol. The number of rotatable bonds is 3. The first-order valence-electron chi connectivity index (χ1n) is 7.82. The van der Waals surface area contributed by atoms with Crippen LogP contribution in [0.5, 0.6) is 0 Å². The van der Waals surface area contributed by atoms with E-state index in [4.69, 9.17) is 11.6 Å². The summed E-state index contributed by atoms with van der Waals surface area (Å²) in [5.41, 5.74) is 2.07. The molecule has 0 amide bonds. The molecule has 0 radical (unpaired) electrons. The fraction of sp³-hybridized carbons (Fsp3) is 0.353. The normalized spacial score (nSPS) is 16.4. The Kier molecular flexibility index (Phi) is 4.80. The summed E-state index contributed by atoms with van der Waals surface area (Å²) in [5, 5.41) is 0.586. The van der Waals surface area contributed by atoms with Crippen molar-refractivity contribution >= 4 is 27.4 Å². The quantitative estimate of drug-likeness (QED) is 0.839. The van der Waals surface area contributed by atoms with Crippen molar-refractivity contribution in [3.05, 3.63) is 52.7 Å². The third-order valence-electron chi connectivity index (χ3n) is 4.39. The maximum Gasteiger partial charge on any atom is 0.243 e. The fourth-order valence-electron chi connectivity index (χ4n) is 2.77. The average Bonchev–Trinajstić information content (AvgIpc) is 2.58. The van der Waals surface area contributed by atoms with Gasteiger partial charge in [-0.05, 0) is 49.2 Å². The van der Waals surface area contributed by atoms with Crippen LogP contribution < -0.4 is 4.90 Å². The van der Waals surface area contributed by atoms with Crippen molar-refractivity contribution in [2.45, 2.75) is 18.7 Å². The van der Waals surface area contributed by atoms with Gasteiger partial charge < -0.3 is 4.90 Å². The van der Waals surface area contributed by atoms with Crippen LogP contribution in [0.25, 0.3) is 0 Å². The van der Waals surface area contributed by atoms with Gasteiger partial charge in [0.15, 0.2) is 0 Å². The maximum atomic E-state index is 12.8. The number of benzene rings is 1. The molecule has 1 aromatic carbocycles. The standard InChI is InChI=1S/C17H20ClN3O2S/c1-13-5-6-15(12-14(13)2)24(22,23)21-10-8-20(9-11-21)17-16(18)4-3-7-19-17/h3-7,12H,8-11H2,1-2H3. The van der Waals surface area contributed by atoms with E-state index >= 15 is 0 Å². The third kappa shape index (κ3) is 3.27. The zero-order valence-corrected chi connectivity index (χ0v) is 15.3. The second kappa shape index (κ2) is 6.70.